The quantitative estimate of drug-likeness (QED) is 0.664. The second-order valence-corrected chi connectivity index (χ2v) is 6.11. The van der Waals surface area contributed by atoms with Gasteiger partial charge in [-0.3, -0.25) is 4.79 Å². The molecule has 0 unspecified atom stereocenters. The van der Waals surface area contributed by atoms with Gasteiger partial charge in [0.15, 0.2) is 0 Å². The van der Waals surface area contributed by atoms with Gasteiger partial charge in [-0.25, -0.2) is 12.7 Å². The lowest BCUT2D eigenvalue weighted by Gasteiger charge is -2.14. The number of amides is 1. The van der Waals surface area contributed by atoms with E-state index in [9.17, 15) is 13.2 Å². The molecule has 0 atom stereocenters. The first kappa shape index (κ1) is 12.9. The minimum absolute atomic E-state index is 0.0356. The van der Waals surface area contributed by atoms with Crippen molar-refractivity contribution in [2.24, 2.45) is 0 Å². The van der Waals surface area contributed by atoms with E-state index in [1.807, 2.05) is 6.92 Å². The number of anilines is 1. The maximum atomic E-state index is 12.2. The Morgan fingerprint density at radius 2 is 2.00 bits per heavy atom. The summed E-state index contributed by atoms with van der Waals surface area (Å²) in [5.74, 6) is -0.464. The van der Waals surface area contributed by atoms with E-state index in [2.05, 4.69) is 0 Å². The lowest BCUT2D eigenvalue weighted by molar-refractivity contribution is 0.0869. The molecule has 0 radical (unpaired) electrons. The predicted octanol–water partition coefficient (Wildman–Crippen LogP) is 1.60. The molecule has 1 aliphatic heterocycles. The minimum Gasteiger partial charge on any atom is -0.398 e. The maximum absolute atomic E-state index is 12.2. The number of hydrogen-bond donors (Lipinski definition) is 1. The van der Waals surface area contributed by atoms with Gasteiger partial charge in [-0.1, -0.05) is 25.8 Å². The summed E-state index contributed by atoms with van der Waals surface area (Å²) in [6.07, 6.45) is 2.54. The summed E-state index contributed by atoms with van der Waals surface area (Å²) < 4.78 is 25.4. The first-order valence-corrected chi connectivity index (χ1v) is 7.39. The second kappa shape index (κ2) is 4.61. The number of nitrogens with zero attached hydrogens (tertiary/aromatic N) is 1. The van der Waals surface area contributed by atoms with Crippen molar-refractivity contribution in [2.75, 3.05) is 12.3 Å². The first-order chi connectivity index (χ1) is 8.50. The molecule has 0 aromatic heterocycles. The number of unbranched alkanes of at least 4 members (excludes halogenated alkanes) is 2. The zero-order chi connectivity index (χ0) is 13.3. The highest BCUT2D eigenvalue weighted by Crippen LogP contribution is 2.34. The highest BCUT2D eigenvalue weighted by Gasteiger charge is 2.41. The molecule has 2 N–H and O–H groups in total. The van der Waals surface area contributed by atoms with E-state index in [0.29, 0.717) is 6.42 Å². The average molecular weight is 268 g/mol. The summed E-state index contributed by atoms with van der Waals surface area (Å²) in [7, 11) is -3.75. The van der Waals surface area contributed by atoms with Gasteiger partial charge in [0.1, 0.15) is 4.90 Å². The van der Waals surface area contributed by atoms with Crippen LogP contribution in [0.5, 0.6) is 0 Å². The SMILES string of the molecule is CCCCCN1C(=O)c2cccc(N)c2S1(=O)=O. The fraction of sp³-hybridized carbons (Fsp3) is 0.417. The first-order valence-electron chi connectivity index (χ1n) is 5.95. The zero-order valence-corrected chi connectivity index (χ0v) is 11.0. The zero-order valence-electron chi connectivity index (χ0n) is 10.2. The number of benzene rings is 1. The van der Waals surface area contributed by atoms with Gasteiger partial charge in [0.05, 0.1) is 11.3 Å². The van der Waals surface area contributed by atoms with Crippen LogP contribution >= 0.6 is 0 Å². The number of sulfonamides is 1. The number of fused-ring (bicyclic) bond motifs is 1. The van der Waals surface area contributed by atoms with Gasteiger partial charge in [-0.05, 0) is 18.6 Å². The number of rotatable bonds is 4. The third-order valence-corrected chi connectivity index (χ3v) is 4.92. The fourth-order valence-electron chi connectivity index (χ4n) is 2.09. The lowest BCUT2D eigenvalue weighted by atomic mass is 10.2. The van der Waals surface area contributed by atoms with Crippen LogP contribution in [0.3, 0.4) is 0 Å². The smallest absolute Gasteiger partial charge is 0.269 e. The molecule has 0 saturated carbocycles. The van der Waals surface area contributed by atoms with E-state index >= 15 is 0 Å². The molecule has 1 aromatic carbocycles. The van der Waals surface area contributed by atoms with Crippen LogP contribution in [0.1, 0.15) is 36.5 Å². The highest BCUT2D eigenvalue weighted by molar-refractivity contribution is 7.90. The predicted molar refractivity (Wildman–Crippen MR) is 68.6 cm³/mol. The molecule has 5 nitrogen and oxygen atoms in total. The molecule has 0 saturated heterocycles. The molecule has 98 valence electrons. The van der Waals surface area contributed by atoms with Crippen molar-refractivity contribution in [3.05, 3.63) is 23.8 Å². The van der Waals surface area contributed by atoms with Gasteiger partial charge >= 0.3 is 0 Å². The van der Waals surface area contributed by atoms with E-state index in [0.717, 1.165) is 17.1 Å². The van der Waals surface area contributed by atoms with Gasteiger partial charge in [-0.2, -0.15) is 0 Å². The topological polar surface area (TPSA) is 80.5 Å². The van der Waals surface area contributed by atoms with Crippen molar-refractivity contribution in [1.82, 2.24) is 4.31 Å². The summed E-state index contributed by atoms with van der Waals surface area (Å²) in [4.78, 5) is 12.0. The fourth-order valence-corrected chi connectivity index (χ4v) is 3.80. The Bertz CT molecular complexity index is 581. The molecule has 0 bridgehead atoms. The lowest BCUT2D eigenvalue weighted by Crippen LogP contribution is -2.31. The Morgan fingerprint density at radius 3 is 2.61 bits per heavy atom. The van der Waals surface area contributed by atoms with Gasteiger partial charge in [0.25, 0.3) is 15.9 Å². The molecule has 1 heterocycles. The van der Waals surface area contributed by atoms with Crippen LogP contribution in [-0.4, -0.2) is 25.2 Å². The Balaban J connectivity index is 2.39. The van der Waals surface area contributed by atoms with Gasteiger partial charge < -0.3 is 5.73 Å². The Hall–Kier alpha value is -1.56. The van der Waals surface area contributed by atoms with Crippen LogP contribution in [0, 0.1) is 0 Å². The summed E-state index contributed by atoms with van der Waals surface area (Å²) in [5, 5.41) is 0. The van der Waals surface area contributed by atoms with E-state index in [4.69, 9.17) is 5.73 Å². The van der Waals surface area contributed by atoms with Crippen LogP contribution in [0.2, 0.25) is 0 Å². The van der Waals surface area contributed by atoms with Crippen LogP contribution in [-0.2, 0) is 10.0 Å². The van der Waals surface area contributed by atoms with E-state index in [1.54, 1.807) is 6.07 Å². The molecule has 0 spiro atoms. The Morgan fingerprint density at radius 1 is 1.28 bits per heavy atom. The number of carbonyl (C=O) groups excluding carboxylic acids is 1. The average Bonchev–Trinajstić information content (AvgIpc) is 2.51. The summed E-state index contributed by atoms with van der Waals surface area (Å²) in [6, 6.07) is 4.60. The molecule has 1 aromatic rings. The third kappa shape index (κ3) is 1.86. The van der Waals surface area contributed by atoms with Crippen LogP contribution in [0.25, 0.3) is 0 Å². The number of nitrogens with two attached hydrogens (primary N) is 1. The van der Waals surface area contributed by atoms with Crippen molar-refractivity contribution in [1.29, 1.82) is 0 Å². The van der Waals surface area contributed by atoms with Crippen LogP contribution < -0.4 is 5.73 Å². The molecule has 1 aliphatic rings. The molecular weight excluding hydrogens is 252 g/mol. The Labute approximate surface area is 107 Å². The van der Waals surface area contributed by atoms with E-state index in [1.165, 1.54) is 12.1 Å². The van der Waals surface area contributed by atoms with Crippen molar-refractivity contribution >= 4 is 21.6 Å². The minimum atomic E-state index is -3.75. The van der Waals surface area contributed by atoms with Crippen molar-refractivity contribution in [3.8, 4) is 0 Å². The van der Waals surface area contributed by atoms with Crippen molar-refractivity contribution in [2.45, 2.75) is 31.1 Å². The largest absolute Gasteiger partial charge is 0.398 e. The summed E-state index contributed by atoms with van der Waals surface area (Å²) in [6.45, 7) is 2.25. The Kier molecular flexibility index (Phi) is 3.30. The van der Waals surface area contributed by atoms with Gasteiger partial charge in [0, 0.05) is 6.54 Å². The van der Waals surface area contributed by atoms with Gasteiger partial charge in [0.2, 0.25) is 0 Å². The van der Waals surface area contributed by atoms with E-state index in [-0.39, 0.29) is 22.7 Å². The second-order valence-electron chi connectivity index (χ2n) is 4.31. The van der Waals surface area contributed by atoms with Crippen LogP contribution in [0.15, 0.2) is 23.1 Å². The molecule has 6 heteroatoms. The summed E-state index contributed by atoms with van der Waals surface area (Å²) >= 11 is 0. The monoisotopic (exact) mass is 268 g/mol. The highest BCUT2D eigenvalue weighted by atomic mass is 32.2. The van der Waals surface area contributed by atoms with Crippen molar-refractivity contribution in [3.63, 3.8) is 0 Å². The standard InChI is InChI=1S/C12H16N2O3S/c1-2-3-4-8-14-12(15)9-6-5-7-10(13)11(9)18(14,16)17/h5-7H,2-4,8,13H2,1H3. The number of nitrogen functional groups attached to an aromatic ring is 1. The van der Waals surface area contributed by atoms with E-state index < -0.39 is 15.9 Å². The molecule has 0 fully saturated rings. The third-order valence-electron chi connectivity index (χ3n) is 3.02. The molecule has 0 aliphatic carbocycles. The summed E-state index contributed by atoms with van der Waals surface area (Å²) in [5.41, 5.74) is 5.99. The molecule has 2 rings (SSSR count). The van der Waals surface area contributed by atoms with Crippen LogP contribution in [0.4, 0.5) is 5.69 Å². The number of hydrogen-bond acceptors (Lipinski definition) is 4. The normalized spacial score (nSPS) is 16.9. The maximum Gasteiger partial charge on any atom is 0.269 e. The molecule has 1 amide bonds. The molecule has 18 heavy (non-hydrogen) atoms. The molecular formula is C12H16N2O3S. The van der Waals surface area contributed by atoms with Crippen molar-refractivity contribution < 1.29 is 13.2 Å². The van der Waals surface area contributed by atoms with Gasteiger partial charge in [-0.15, -0.1) is 0 Å². The number of carbonyl (C=O) groups is 1.